The van der Waals surface area contributed by atoms with Gasteiger partial charge >= 0.3 is 0 Å². The van der Waals surface area contributed by atoms with Crippen molar-refractivity contribution in [3.63, 3.8) is 0 Å². The van der Waals surface area contributed by atoms with Crippen molar-refractivity contribution >= 4 is 17.5 Å². The number of carbonyl (C=O) groups is 2. The minimum absolute atomic E-state index is 0.147. The zero-order chi connectivity index (χ0) is 17.4. The molecule has 2 rings (SSSR count). The number of aromatic nitrogens is 3. The predicted molar refractivity (Wildman–Crippen MR) is 87.4 cm³/mol. The minimum Gasteiger partial charge on any atom is -0.481 e. The number of benzene rings is 1. The highest BCUT2D eigenvalue weighted by atomic mass is 16.5. The summed E-state index contributed by atoms with van der Waals surface area (Å²) in [5.74, 6) is 5.69. The van der Waals surface area contributed by atoms with Crippen molar-refractivity contribution in [1.82, 2.24) is 20.3 Å². The van der Waals surface area contributed by atoms with Gasteiger partial charge in [-0.1, -0.05) is 23.1 Å². The predicted octanol–water partition coefficient (Wildman–Crippen LogP) is 0.586. The summed E-state index contributed by atoms with van der Waals surface area (Å²) in [4.78, 5) is 22.7. The number of aryl methyl sites for hydroxylation is 1. The van der Waals surface area contributed by atoms with Gasteiger partial charge in [0.25, 0.3) is 5.91 Å². The lowest BCUT2D eigenvalue weighted by atomic mass is 10.3. The quantitative estimate of drug-likeness (QED) is 0.783. The molecule has 0 unspecified atom stereocenters. The van der Waals surface area contributed by atoms with E-state index in [2.05, 4.69) is 32.8 Å². The van der Waals surface area contributed by atoms with E-state index in [-0.39, 0.29) is 30.7 Å². The molecule has 0 aliphatic heterocycles. The van der Waals surface area contributed by atoms with Crippen molar-refractivity contribution < 1.29 is 14.3 Å². The average molecular weight is 327 g/mol. The number of nitrogens with zero attached hydrogens (tertiary/aromatic N) is 3. The van der Waals surface area contributed by atoms with Crippen LogP contribution in [0.3, 0.4) is 0 Å². The first kappa shape index (κ1) is 17.0. The fourth-order valence-corrected chi connectivity index (χ4v) is 1.77. The maximum atomic E-state index is 11.7. The van der Waals surface area contributed by atoms with Gasteiger partial charge in [-0.25, -0.2) is 0 Å². The molecular weight excluding hydrogens is 310 g/mol. The highest BCUT2D eigenvalue weighted by molar-refractivity contribution is 5.92. The molecule has 0 spiro atoms. The topological polar surface area (TPSA) is 98.1 Å². The number of nitrogens with one attached hydrogen (secondary N) is 2. The summed E-state index contributed by atoms with van der Waals surface area (Å²) in [6.45, 7) is 1.80. The number of hydrogen-bond donors (Lipinski definition) is 2. The molecule has 0 atom stereocenters. The molecule has 1 aromatic heterocycles. The van der Waals surface area contributed by atoms with E-state index in [1.165, 1.54) is 17.8 Å². The van der Waals surface area contributed by atoms with E-state index in [0.717, 1.165) is 0 Å². The smallest absolute Gasteiger partial charge is 0.274 e. The van der Waals surface area contributed by atoms with Crippen LogP contribution >= 0.6 is 0 Å². The molecule has 2 aromatic rings. The summed E-state index contributed by atoms with van der Waals surface area (Å²) in [6, 6.07) is 7.01. The van der Waals surface area contributed by atoms with Gasteiger partial charge in [0, 0.05) is 25.7 Å². The van der Waals surface area contributed by atoms with Crippen LogP contribution in [0.4, 0.5) is 5.69 Å². The number of ether oxygens (including phenoxy) is 1. The van der Waals surface area contributed by atoms with Gasteiger partial charge in [0.2, 0.25) is 5.91 Å². The van der Waals surface area contributed by atoms with E-state index in [0.29, 0.717) is 11.4 Å². The molecule has 0 saturated carbocycles. The third kappa shape index (κ3) is 5.46. The SMILES string of the molecule is CC(=O)Nc1cccc(OCC#CCNC(=O)c2cn(C)nn2)c1. The highest BCUT2D eigenvalue weighted by Crippen LogP contribution is 2.16. The fourth-order valence-electron chi connectivity index (χ4n) is 1.77. The molecule has 8 heteroatoms. The van der Waals surface area contributed by atoms with Crippen molar-refractivity contribution in [1.29, 1.82) is 0 Å². The van der Waals surface area contributed by atoms with Crippen molar-refractivity contribution in [3.05, 3.63) is 36.2 Å². The van der Waals surface area contributed by atoms with Gasteiger partial charge in [-0.3, -0.25) is 14.3 Å². The number of rotatable bonds is 5. The first-order valence-corrected chi connectivity index (χ1v) is 7.15. The standard InChI is InChI=1S/C16H17N5O3/c1-12(22)18-13-6-5-7-14(10-13)24-9-4-3-8-17-16(23)15-11-21(2)20-19-15/h5-7,10-11H,8-9H2,1-2H3,(H,17,23)(H,18,22). The van der Waals surface area contributed by atoms with Crippen molar-refractivity contribution in [2.75, 3.05) is 18.5 Å². The van der Waals surface area contributed by atoms with E-state index in [9.17, 15) is 9.59 Å². The maximum absolute atomic E-state index is 11.7. The lowest BCUT2D eigenvalue weighted by Crippen LogP contribution is -2.24. The Morgan fingerprint density at radius 3 is 2.88 bits per heavy atom. The van der Waals surface area contributed by atoms with E-state index in [4.69, 9.17) is 4.74 Å². The second-order valence-electron chi connectivity index (χ2n) is 4.81. The van der Waals surface area contributed by atoms with E-state index < -0.39 is 0 Å². The summed E-state index contributed by atoms with van der Waals surface area (Å²) in [5, 5.41) is 12.7. The first-order valence-electron chi connectivity index (χ1n) is 7.15. The van der Waals surface area contributed by atoms with Crippen LogP contribution in [0.1, 0.15) is 17.4 Å². The second-order valence-corrected chi connectivity index (χ2v) is 4.81. The van der Waals surface area contributed by atoms with E-state index >= 15 is 0 Å². The monoisotopic (exact) mass is 327 g/mol. The Morgan fingerprint density at radius 2 is 2.17 bits per heavy atom. The van der Waals surface area contributed by atoms with E-state index in [1.807, 2.05) is 0 Å². The molecule has 124 valence electrons. The molecule has 24 heavy (non-hydrogen) atoms. The van der Waals surface area contributed by atoms with Gasteiger partial charge in [-0.15, -0.1) is 5.10 Å². The van der Waals surface area contributed by atoms with Gasteiger partial charge in [0.15, 0.2) is 5.69 Å². The zero-order valence-corrected chi connectivity index (χ0v) is 13.4. The maximum Gasteiger partial charge on any atom is 0.274 e. The number of amides is 2. The Kier molecular flexibility index (Phi) is 5.91. The number of carbonyl (C=O) groups excluding carboxylic acids is 2. The summed E-state index contributed by atoms with van der Waals surface area (Å²) >= 11 is 0. The molecule has 1 aromatic carbocycles. The Labute approximate surface area is 139 Å². The number of anilines is 1. The third-order valence-corrected chi connectivity index (χ3v) is 2.76. The van der Waals surface area contributed by atoms with Crippen LogP contribution < -0.4 is 15.4 Å². The van der Waals surface area contributed by atoms with Crippen molar-refractivity contribution in [2.24, 2.45) is 7.05 Å². The molecule has 0 fully saturated rings. The van der Waals surface area contributed by atoms with Crippen LogP contribution in [0, 0.1) is 11.8 Å². The van der Waals surface area contributed by atoms with Gasteiger partial charge < -0.3 is 15.4 Å². The van der Waals surface area contributed by atoms with E-state index in [1.54, 1.807) is 31.3 Å². The lowest BCUT2D eigenvalue weighted by molar-refractivity contribution is -0.114. The first-order chi connectivity index (χ1) is 11.5. The Balaban J connectivity index is 1.74. The summed E-state index contributed by atoms with van der Waals surface area (Å²) < 4.78 is 6.91. The summed E-state index contributed by atoms with van der Waals surface area (Å²) in [5.41, 5.74) is 0.898. The lowest BCUT2D eigenvalue weighted by Gasteiger charge is -2.05. The minimum atomic E-state index is -0.332. The largest absolute Gasteiger partial charge is 0.481 e. The molecule has 0 saturated heterocycles. The van der Waals surface area contributed by atoms with Gasteiger partial charge in [-0.2, -0.15) is 0 Å². The Hall–Kier alpha value is -3.34. The normalized spacial score (nSPS) is 9.58. The summed E-state index contributed by atoms with van der Waals surface area (Å²) in [6.07, 6.45) is 1.52. The van der Waals surface area contributed by atoms with Gasteiger partial charge in [0.1, 0.15) is 12.4 Å². The van der Waals surface area contributed by atoms with Crippen LogP contribution in [0.25, 0.3) is 0 Å². The van der Waals surface area contributed by atoms with Crippen LogP contribution in [0.5, 0.6) is 5.75 Å². The van der Waals surface area contributed by atoms with Crippen LogP contribution in [0.15, 0.2) is 30.5 Å². The highest BCUT2D eigenvalue weighted by Gasteiger charge is 2.07. The molecule has 0 aliphatic carbocycles. The van der Waals surface area contributed by atoms with Crippen molar-refractivity contribution in [2.45, 2.75) is 6.92 Å². The molecule has 2 N–H and O–H groups in total. The Morgan fingerprint density at radius 1 is 1.33 bits per heavy atom. The van der Waals surface area contributed by atoms with Crippen LogP contribution in [-0.4, -0.2) is 40.0 Å². The molecule has 1 heterocycles. The van der Waals surface area contributed by atoms with Crippen LogP contribution in [-0.2, 0) is 11.8 Å². The molecular formula is C16H17N5O3. The van der Waals surface area contributed by atoms with Crippen LogP contribution in [0.2, 0.25) is 0 Å². The van der Waals surface area contributed by atoms with Crippen molar-refractivity contribution in [3.8, 4) is 17.6 Å². The Bertz CT molecular complexity index is 788. The zero-order valence-electron chi connectivity index (χ0n) is 13.4. The molecule has 8 nitrogen and oxygen atoms in total. The van der Waals surface area contributed by atoms with Gasteiger partial charge in [-0.05, 0) is 12.1 Å². The molecule has 0 bridgehead atoms. The molecule has 0 aliphatic rings. The summed E-state index contributed by atoms with van der Waals surface area (Å²) in [7, 11) is 1.68. The molecule has 0 radical (unpaired) electrons. The molecule has 2 amide bonds. The fraction of sp³-hybridized carbons (Fsp3) is 0.250. The second kappa shape index (κ2) is 8.33. The van der Waals surface area contributed by atoms with Gasteiger partial charge in [0.05, 0.1) is 12.7 Å². The third-order valence-electron chi connectivity index (χ3n) is 2.76. The average Bonchev–Trinajstić information content (AvgIpc) is 2.97. The number of hydrogen-bond acceptors (Lipinski definition) is 5.